The summed E-state index contributed by atoms with van der Waals surface area (Å²) in [5.74, 6) is -1.60. The van der Waals surface area contributed by atoms with Gasteiger partial charge in [0.05, 0.1) is 0 Å². The number of aromatic nitrogens is 1. The second kappa shape index (κ2) is 8.34. The Morgan fingerprint density at radius 3 is 2.45 bits per heavy atom. The molecule has 7 nitrogen and oxygen atoms in total. The van der Waals surface area contributed by atoms with Crippen LogP contribution >= 0.6 is 0 Å². The SMILES string of the molecule is Cc1cc(/C=C/C(=O)O[C@@H](C)C(=O)Nc2ccc(C(N)=O)cc2)c(C)n1C1CC1. The van der Waals surface area contributed by atoms with Gasteiger partial charge in [-0.3, -0.25) is 9.59 Å². The number of primary amides is 1. The molecule has 29 heavy (non-hydrogen) atoms. The molecule has 1 aliphatic rings. The molecular weight excluding hydrogens is 370 g/mol. The molecule has 0 aliphatic heterocycles. The van der Waals surface area contributed by atoms with Crippen molar-refractivity contribution in [3.8, 4) is 0 Å². The van der Waals surface area contributed by atoms with Crippen LogP contribution in [0, 0.1) is 13.8 Å². The zero-order valence-corrected chi connectivity index (χ0v) is 16.8. The second-order valence-electron chi connectivity index (χ2n) is 7.27. The van der Waals surface area contributed by atoms with E-state index in [-0.39, 0.29) is 0 Å². The van der Waals surface area contributed by atoms with Crippen molar-refractivity contribution < 1.29 is 19.1 Å². The molecule has 2 aromatic rings. The lowest BCUT2D eigenvalue weighted by Crippen LogP contribution is -2.29. The van der Waals surface area contributed by atoms with Gasteiger partial charge in [-0.25, -0.2) is 4.79 Å². The molecule has 1 heterocycles. The number of hydrogen-bond donors (Lipinski definition) is 2. The highest BCUT2D eigenvalue weighted by Gasteiger charge is 2.26. The molecule has 0 spiro atoms. The molecule has 3 rings (SSSR count). The Morgan fingerprint density at radius 1 is 1.21 bits per heavy atom. The van der Waals surface area contributed by atoms with E-state index in [9.17, 15) is 14.4 Å². The van der Waals surface area contributed by atoms with Crippen LogP contribution in [0.5, 0.6) is 0 Å². The Balaban J connectivity index is 1.55. The summed E-state index contributed by atoms with van der Waals surface area (Å²) in [7, 11) is 0. The normalized spacial score (nSPS) is 14.6. The van der Waals surface area contributed by atoms with E-state index in [2.05, 4.69) is 16.8 Å². The van der Waals surface area contributed by atoms with Gasteiger partial charge in [0, 0.05) is 34.8 Å². The Hall–Kier alpha value is -3.35. The number of rotatable bonds is 7. The first kappa shape index (κ1) is 20.4. The fraction of sp³-hybridized carbons (Fsp3) is 0.318. The molecule has 0 unspecified atom stereocenters. The predicted octanol–water partition coefficient (Wildman–Crippen LogP) is 3.12. The number of carbonyl (C=O) groups excluding carboxylic acids is 3. The summed E-state index contributed by atoms with van der Waals surface area (Å²) in [6.45, 7) is 5.59. The van der Waals surface area contributed by atoms with Crippen LogP contribution in [-0.4, -0.2) is 28.5 Å². The molecule has 1 fully saturated rings. The zero-order chi connectivity index (χ0) is 21.1. The highest BCUT2D eigenvalue weighted by atomic mass is 16.5. The quantitative estimate of drug-likeness (QED) is 0.555. The summed E-state index contributed by atoms with van der Waals surface area (Å²) in [5, 5.41) is 2.63. The van der Waals surface area contributed by atoms with E-state index in [1.54, 1.807) is 18.2 Å². The van der Waals surface area contributed by atoms with Gasteiger partial charge < -0.3 is 20.4 Å². The van der Waals surface area contributed by atoms with E-state index in [0.29, 0.717) is 17.3 Å². The van der Waals surface area contributed by atoms with Gasteiger partial charge >= 0.3 is 5.97 Å². The molecule has 2 amide bonds. The summed E-state index contributed by atoms with van der Waals surface area (Å²) in [6, 6.07) is 8.75. The molecule has 1 aromatic heterocycles. The summed E-state index contributed by atoms with van der Waals surface area (Å²) in [6.07, 6.45) is 4.47. The van der Waals surface area contributed by atoms with E-state index in [1.807, 2.05) is 13.0 Å². The van der Waals surface area contributed by atoms with Crippen molar-refractivity contribution in [3.05, 3.63) is 58.9 Å². The number of nitrogens with two attached hydrogens (primary N) is 1. The monoisotopic (exact) mass is 395 g/mol. The number of ether oxygens (including phenoxy) is 1. The summed E-state index contributed by atoms with van der Waals surface area (Å²) < 4.78 is 7.48. The standard InChI is InChI=1S/C22H25N3O4/c1-13-12-17(14(2)25(13)19-9-10-19)6-11-20(26)29-15(3)22(28)24-18-7-4-16(5-8-18)21(23)27/h4-8,11-12,15,19H,9-10H2,1-3H3,(H2,23,27)(H,24,28)/b11-6+/t15-/m0/s1. The topological polar surface area (TPSA) is 103 Å². The number of nitrogens with one attached hydrogen (secondary N) is 1. The van der Waals surface area contributed by atoms with E-state index in [1.165, 1.54) is 43.7 Å². The van der Waals surface area contributed by atoms with Crippen molar-refractivity contribution in [3.63, 3.8) is 0 Å². The van der Waals surface area contributed by atoms with Gasteiger partial charge in [0.2, 0.25) is 5.91 Å². The van der Waals surface area contributed by atoms with Crippen LogP contribution in [0.4, 0.5) is 5.69 Å². The Bertz CT molecular complexity index is 969. The third-order valence-corrected chi connectivity index (χ3v) is 4.93. The molecule has 1 aromatic carbocycles. The molecule has 7 heteroatoms. The number of hydrogen-bond acceptors (Lipinski definition) is 4. The number of carbonyl (C=O) groups is 3. The Kier molecular flexibility index (Phi) is 5.87. The first-order valence-corrected chi connectivity index (χ1v) is 9.54. The fourth-order valence-corrected chi connectivity index (χ4v) is 3.25. The number of esters is 1. The van der Waals surface area contributed by atoms with Gasteiger partial charge in [-0.05, 0) is 75.6 Å². The number of amides is 2. The number of aryl methyl sites for hydroxylation is 1. The highest BCUT2D eigenvalue weighted by molar-refractivity contribution is 5.97. The van der Waals surface area contributed by atoms with Gasteiger partial charge in [0.15, 0.2) is 6.10 Å². The van der Waals surface area contributed by atoms with Gasteiger partial charge in [-0.15, -0.1) is 0 Å². The smallest absolute Gasteiger partial charge is 0.331 e. The van der Waals surface area contributed by atoms with E-state index < -0.39 is 23.9 Å². The average molecular weight is 395 g/mol. The van der Waals surface area contributed by atoms with Crippen LogP contribution in [0.15, 0.2) is 36.4 Å². The molecule has 0 radical (unpaired) electrons. The largest absolute Gasteiger partial charge is 0.449 e. The lowest BCUT2D eigenvalue weighted by atomic mass is 10.2. The Morgan fingerprint density at radius 2 is 1.86 bits per heavy atom. The van der Waals surface area contributed by atoms with Crippen LogP contribution in [0.1, 0.15) is 53.1 Å². The van der Waals surface area contributed by atoms with Crippen LogP contribution in [0.3, 0.4) is 0 Å². The van der Waals surface area contributed by atoms with Crippen molar-refractivity contribution in [2.75, 3.05) is 5.32 Å². The van der Waals surface area contributed by atoms with Crippen molar-refractivity contribution in [1.29, 1.82) is 0 Å². The minimum atomic E-state index is -0.970. The molecule has 3 N–H and O–H groups in total. The molecular formula is C22H25N3O4. The molecule has 1 atom stereocenters. The van der Waals surface area contributed by atoms with Crippen LogP contribution in [0.2, 0.25) is 0 Å². The first-order chi connectivity index (χ1) is 13.8. The van der Waals surface area contributed by atoms with E-state index in [4.69, 9.17) is 10.5 Å². The summed E-state index contributed by atoms with van der Waals surface area (Å²) in [4.78, 5) is 35.4. The zero-order valence-electron chi connectivity index (χ0n) is 16.8. The maximum Gasteiger partial charge on any atom is 0.331 e. The highest BCUT2D eigenvalue weighted by Crippen LogP contribution is 2.38. The van der Waals surface area contributed by atoms with Crippen LogP contribution in [0.25, 0.3) is 6.08 Å². The van der Waals surface area contributed by atoms with Crippen LogP contribution in [-0.2, 0) is 14.3 Å². The van der Waals surface area contributed by atoms with Gasteiger partial charge in [-0.1, -0.05) is 0 Å². The summed E-state index contributed by atoms with van der Waals surface area (Å²) >= 11 is 0. The molecule has 152 valence electrons. The van der Waals surface area contributed by atoms with Crippen molar-refractivity contribution in [2.45, 2.75) is 45.8 Å². The fourth-order valence-electron chi connectivity index (χ4n) is 3.25. The number of anilines is 1. The third-order valence-electron chi connectivity index (χ3n) is 4.93. The molecule has 0 bridgehead atoms. The van der Waals surface area contributed by atoms with E-state index >= 15 is 0 Å². The first-order valence-electron chi connectivity index (χ1n) is 9.54. The van der Waals surface area contributed by atoms with Crippen molar-refractivity contribution >= 4 is 29.5 Å². The average Bonchev–Trinajstić information content (AvgIpc) is 3.46. The second-order valence-corrected chi connectivity index (χ2v) is 7.27. The van der Waals surface area contributed by atoms with Crippen molar-refractivity contribution in [1.82, 2.24) is 4.57 Å². The lowest BCUT2D eigenvalue weighted by Gasteiger charge is -2.12. The predicted molar refractivity (Wildman–Crippen MR) is 110 cm³/mol. The molecule has 1 aliphatic carbocycles. The number of benzene rings is 1. The van der Waals surface area contributed by atoms with Gasteiger partial charge in [0.1, 0.15) is 0 Å². The van der Waals surface area contributed by atoms with Crippen LogP contribution < -0.4 is 11.1 Å². The molecule has 0 saturated heterocycles. The van der Waals surface area contributed by atoms with Gasteiger partial charge in [-0.2, -0.15) is 0 Å². The minimum absolute atomic E-state index is 0.341. The number of nitrogens with zero attached hydrogens (tertiary/aromatic N) is 1. The lowest BCUT2D eigenvalue weighted by molar-refractivity contribution is -0.148. The minimum Gasteiger partial charge on any atom is -0.449 e. The maximum atomic E-state index is 12.2. The Labute approximate surface area is 169 Å². The van der Waals surface area contributed by atoms with Gasteiger partial charge in [0.25, 0.3) is 5.91 Å². The maximum absolute atomic E-state index is 12.2. The summed E-state index contributed by atoms with van der Waals surface area (Å²) in [5.41, 5.74) is 9.27. The van der Waals surface area contributed by atoms with E-state index in [0.717, 1.165) is 11.3 Å². The third kappa shape index (κ3) is 4.93. The van der Waals surface area contributed by atoms with Crippen molar-refractivity contribution in [2.24, 2.45) is 5.73 Å². The molecule has 1 saturated carbocycles.